The number of benzene rings is 1. The minimum Gasteiger partial charge on any atom is -0.493 e. The molecular formula is C29H39NO6. The first kappa shape index (κ1) is 24.1. The Labute approximate surface area is 213 Å². The molecule has 5 aliphatic rings. The molecule has 0 radical (unpaired) electrons. The quantitative estimate of drug-likeness (QED) is 0.443. The fraction of sp³-hybridized carbons (Fsp3) is 0.690. The highest BCUT2D eigenvalue weighted by molar-refractivity contribution is 5.89. The minimum atomic E-state index is -1.24. The van der Waals surface area contributed by atoms with Crippen LogP contribution in [-0.4, -0.2) is 65.1 Å². The molecule has 1 spiro atoms. The molecule has 2 aliphatic heterocycles. The number of nitrogens with zero attached hydrogens (tertiary/aromatic N) is 1. The minimum absolute atomic E-state index is 0.0787. The van der Waals surface area contributed by atoms with E-state index in [1.54, 1.807) is 0 Å². The molecular weight excluding hydrogens is 458 g/mol. The predicted molar refractivity (Wildman–Crippen MR) is 134 cm³/mol. The van der Waals surface area contributed by atoms with Crippen LogP contribution in [0.2, 0.25) is 0 Å². The smallest absolute Gasteiger partial charge is 0.335 e. The van der Waals surface area contributed by atoms with E-state index in [1.807, 2.05) is 6.07 Å². The van der Waals surface area contributed by atoms with Crippen LogP contribution in [0.15, 0.2) is 23.5 Å². The van der Waals surface area contributed by atoms with Crippen LogP contribution >= 0.6 is 0 Å². The lowest BCUT2D eigenvalue weighted by molar-refractivity contribution is -0.176. The topological polar surface area (TPSA) is 88.5 Å². The van der Waals surface area contributed by atoms with Crippen LogP contribution in [0, 0.1) is 5.92 Å². The molecule has 7 heteroatoms. The highest BCUT2D eigenvalue weighted by atomic mass is 16.6. The van der Waals surface area contributed by atoms with Gasteiger partial charge in [0.05, 0.1) is 29.8 Å². The second-order valence-electron chi connectivity index (χ2n) is 11.5. The molecule has 2 bridgehead atoms. The summed E-state index contributed by atoms with van der Waals surface area (Å²) < 4.78 is 19.1. The number of ether oxygens (including phenoxy) is 3. The Kier molecular flexibility index (Phi) is 5.99. The number of piperidine rings is 1. The van der Waals surface area contributed by atoms with Crippen LogP contribution in [-0.2, 0) is 21.4 Å². The van der Waals surface area contributed by atoms with Gasteiger partial charge in [-0.05, 0) is 62.6 Å². The van der Waals surface area contributed by atoms with E-state index in [-0.39, 0.29) is 18.0 Å². The molecule has 6 rings (SSSR count). The third kappa shape index (κ3) is 3.42. The van der Waals surface area contributed by atoms with Gasteiger partial charge in [-0.1, -0.05) is 32.8 Å². The number of hydrogen-bond donors (Lipinski definition) is 2. The van der Waals surface area contributed by atoms with Crippen molar-refractivity contribution >= 4 is 5.97 Å². The fourth-order valence-corrected chi connectivity index (χ4v) is 7.26. The zero-order chi connectivity index (χ0) is 25.1. The molecule has 1 aromatic carbocycles. The Morgan fingerprint density at radius 1 is 1.17 bits per heavy atom. The fourth-order valence-electron chi connectivity index (χ4n) is 7.26. The average molecular weight is 498 g/mol. The summed E-state index contributed by atoms with van der Waals surface area (Å²) in [6.07, 6.45) is 7.08. The molecule has 7 nitrogen and oxygen atoms in total. The number of rotatable bonds is 11. The van der Waals surface area contributed by atoms with Gasteiger partial charge in [-0.25, -0.2) is 4.79 Å². The van der Waals surface area contributed by atoms with Crippen LogP contribution in [0.25, 0.3) is 0 Å². The van der Waals surface area contributed by atoms with Gasteiger partial charge in [0.25, 0.3) is 0 Å². The van der Waals surface area contributed by atoms with E-state index < -0.39 is 23.1 Å². The van der Waals surface area contributed by atoms with E-state index in [1.165, 1.54) is 18.4 Å². The van der Waals surface area contributed by atoms with Gasteiger partial charge in [0.1, 0.15) is 5.76 Å². The number of carboxylic acid groups (broad SMARTS) is 1. The SMILES string of the molecule is CCCCOC1=C(C(=O)O)C[C@@]2(O)[C@H]3Cc4ccc(OCCCC)c5c4[C@@]2(CCN3CC2CC2)[C@H]1O5. The summed E-state index contributed by atoms with van der Waals surface area (Å²) in [6, 6.07) is 4.01. The molecule has 0 aromatic heterocycles. The maximum atomic E-state index is 12.7. The molecule has 196 valence electrons. The van der Waals surface area contributed by atoms with Gasteiger partial charge in [-0.15, -0.1) is 0 Å². The van der Waals surface area contributed by atoms with E-state index in [0.29, 0.717) is 49.2 Å². The summed E-state index contributed by atoms with van der Waals surface area (Å²) >= 11 is 0. The zero-order valence-corrected chi connectivity index (χ0v) is 21.6. The summed E-state index contributed by atoms with van der Waals surface area (Å²) in [5.74, 6) is 1.44. The maximum absolute atomic E-state index is 12.7. The zero-order valence-electron chi connectivity index (χ0n) is 21.6. The van der Waals surface area contributed by atoms with Crippen LogP contribution in [0.5, 0.6) is 11.5 Å². The van der Waals surface area contributed by atoms with Crippen LogP contribution in [0.3, 0.4) is 0 Å². The Morgan fingerprint density at radius 2 is 1.92 bits per heavy atom. The summed E-state index contributed by atoms with van der Waals surface area (Å²) in [4.78, 5) is 15.0. The van der Waals surface area contributed by atoms with Crippen molar-refractivity contribution in [1.82, 2.24) is 4.90 Å². The highest BCUT2D eigenvalue weighted by Gasteiger charge is 2.73. The van der Waals surface area contributed by atoms with E-state index >= 15 is 0 Å². The Balaban J connectivity index is 1.50. The Hall–Kier alpha value is -2.25. The van der Waals surface area contributed by atoms with Crippen molar-refractivity contribution in [3.05, 3.63) is 34.6 Å². The van der Waals surface area contributed by atoms with Gasteiger partial charge in [0.15, 0.2) is 17.6 Å². The molecule has 36 heavy (non-hydrogen) atoms. The van der Waals surface area contributed by atoms with Crippen molar-refractivity contribution < 1.29 is 29.2 Å². The molecule has 2 N–H and O–H groups in total. The van der Waals surface area contributed by atoms with Crippen molar-refractivity contribution in [1.29, 1.82) is 0 Å². The first-order valence-corrected chi connectivity index (χ1v) is 14.0. The number of unbranched alkanes of at least 4 members (excludes halogenated alkanes) is 2. The van der Waals surface area contributed by atoms with Gasteiger partial charge in [0.2, 0.25) is 0 Å². The lowest BCUT2D eigenvalue weighted by Crippen LogP contribution is -2.75. The van der Waals surface area contributed by atoms with Crippen molar-refractivity contribution in [2.45, 2.75) is 94.8 Å². The first-order valence-electron chi connectivity index (χ1n) is 14.0. The van der Waals surface area contributed by atoms with Gasteiger partial charge in [-0.3, -0.25) is 4.90 Å². The van der Waals surface area contributed by atoms with Crippen molar-refractivity contribution in [2.24, 2.45) is 5.92 Å². The molecule has 1 aromatic rings. The van der Waals surface area contributed by atoms with Gasteiger partial charge in [-0.2, -0.15) is 0 Å². The van der Waals surface area contributed by atoms with Gasteiger partial charge in [0, 0.05) is 24.6 Å². The number of likely N-dealkylation sites (tertiary alicyclic amines) is 1. The monoisotopic (exact) mass is 497 g/mol. The van der Waals surface area contributed by atoms with Crippen LogP contribution < -0.4 is 9.47 Å². The number of hydrogen-bond acceptors (Lipinski definition) is 6. The summed E-state index contributed by atoms with van der Waals surface area (Å²) in [6.45, 7) is 7.10. The Bertz CT molecular complexity index is 1080. The third-order valence-electron chi connectivity index (χ3n) is 9.25. The summed E-state index contributed by atoms with van der Waals surface area (Å²) in [5, 5.41) is 23.0. The molecule has 1 saturated heterocycles. The standard InChI is InChI=1S/C29H39NO6/c1-3-5-13-34-21-10-9-19-15-22-29(33)16-20(27(31)32)24(35-14-6-4-2)26-28(29,23(19)25(21)36-26)11-12-30(22)17-18-7-8-18/h9-10,18,22,26,33H,3-8,11-17H2,1-2H3,(H,31,32)/t22-,26+,28+,29-/m1/s1. The molecule has 4 atom stereocenters. The highest BCUT2D eigenvalue weighted by Crippen LogP contribution is 2.66. The van der Waals surface area contributed by atoms with Crippen LogP contribution in [0.1, 0.15) is 76.3 Å². The number of aliphatic carboxylic acids is 1. The second-order valence-corrected chi connectivity index (χ2v) is 11.5. The van der Waals surface area contributed by atoms with E-state index in [0.717, 1.165) is 44.3 Å². The van der Waals surface area contributed by atoms with Crippen LogP contribution in [0.4, 0.5) is 0 Å². The third-order valence-corrected chi connectivity index (χ3v) is 9.25. The Morgan fingerprint density at radius 3 is 2.61 bits per heavy atom. The molecule has 1 saturated carbocycles. The van der Waals surface area contributed by atoms with Crippen molar-refractivity contribution in [2.75, 3.05) is 26.3 Å². The second kappa shape index (κ2) is 8.95. The van der Waals surface area contributed by atoms with E-state index in [9.17, 15) is 15.0 Å². The molecule has 2 fully saturated rings. The maximum Gasteiger partial charge on any atom is 0.335 e. The summed E-state index contributed by atoms with van der Waals surface area (Å²) in [7, 11) is 0. The molecule has 3 aliphatic carbocycles. The lowest BCUT2D eigenvalue weighted by Gasteiger charge is -2.62. The number of aliphatic hydroxyl groups is 1. The molecule has 0 amide bonds. The first-order chi connectivity index (χ1) is 17.4. The molecule has 2 heterocycles. The van der Waals surface area contributed by atoms with Crippen molar-refractivity contribution in [3.8, 4) is 11.5 Å². The normalized spacial score (nSPS) is 32.2. The summed E-state index contributed by atoms with van der Waals surface area (Å²) in [5.41, 5.74) is 0.420. The lowest BCUT2D eigenvalue weighted by atomic mass is 9.49. The van der Waals surface area contributed by atoms with E-state index in [4.69, 9.17) is 14.2 Å². The number of carboxylic acids is 1. The predicted octanol–water partition coefficient (Wildman–Crippen LogP) is 4.19. The van der Waals surface area contributed by atoms with Crippen molar-refractivity contribution in [3.63, 3.8) is 0 Å². The largest absolute Gasteiger partial charge is 0.493 e. The van der Waals surface area contributed by atoms with Gasteiger partial charge >= 0.3 is 5.97 Å². The number of carbonyl (C=O) groups is 1. The average Bonchev–Trinajstić information content (AvgIpc) is 3.60. The molecule has 0 unspecified atom stereocenters. The van der Waals surface area contributed by atoms with Gasteiger partial charge < -0.3 is 24.4 Å². The van der Waals surface area contributed by atoms with E-state index in [2.05, 4.69) is 24.8 Å².